The molecule has 9 aromatic carbocycles. The standard InChI is InChI=1S/C68H49N5O2/c1-67(2)55-31-19-18-30-50(55)53-38-54-52-34-33-51-49-29-17-20-32-56(49)68(3,4)63(51)64(52)73(62(54)39-57(53)67)46-35-47(74-65-69-58(42-21-9-5-10-22-42)40-59(70-65)43-23-11-6-12-24-43)37-48(36-46)75-66-71-60(44-25-13-7-14-26-44)41-61(72-66)45-27-15-8-16-28-45/h5-41H,1-4H3. The Bertz CT molecular complexity index is 3960. The van der Waals surface area contributed by atoms with Gasteiger partial charge in [-0.2, -0.15) is 19.9 Å². The first-order chi connectivity index (χ1) is 36.7. The predicted molar refractivity (Wildman–Crippen MR) is 302 cm³/mol. The first-order valence-corrected chi connectivity index (χ1v) is 25.5. The fourth-order valence-electron chi connectivity index (χ4n) is 11.8. The van der Waals surface area contributed by atoms with Gasteiger partial charge in [0.25, 0.3) is 0 Å². The lowest BCUT2D eigenvalue weighted by Gasteiger charge is -2.24. The van der Waals surface area contributed by atoms with E-state index in [1.54, 1.807) is 0 Å². The molecule has 75 heavy (non-hydrogen) atoms. The molecule has 0 unspecified atom stereocenters. The van der Waals surface area contributed by atoms with Gasteiger partial charge in [0.15, 0.2) is 0 Å². The van der Waals surface area contributed by atoms with Gasteiger partial charge in [0, 0.05) is 62.1 Å². The summed E-state index contributed by atoms with van der Waals surface area (Å²) in [5, 5.41) is 2.33. The number of aromatic nitrogens is 5. The molecule has 7 nitrogen and oxygen atoms in total. The molecule has 0 N–H and O–H groups in total. The third-order valence-electron chi connectivity index (χ3n) is 15.4. The molecule has 12 aromatic rings. The highest BCUT2D eigenvalue weighted by atomic mass is 16.5. The number of hydrogen-bond donors (Lipinski definition) is 0. The molecule has 0 fully saturated rings. The second-order valence-electron chi connectivity index (χ2n) is 20.6. The van der Waals surface area contributed by atoms with E-state index >= 15 is 0 Å². The van der Waals surface area contributed by atoms with E-state index in [-0.39, 0.29) is 22.9 Å². The molecule has 0 bridgehead atoms. The van der Waals surface area contributed by atoms with Crippen LogP contribution >= 0.6 is 0 Å². The van der Waals surface area contributed by atoms with Crippen molar-refractivity contribution in [1.82, 2.24) is 24.5 Å². The summed E-state index contributed by atoms with van der Waals surface area (Å²) in [6, 6.07) is 78.3. The van der Waals surface area contributed by atoms with Crippen LogP contribution in [0.3, 0.4) is 0 Å². The molecule has 0 radical (unpaired) electrons. The maximum atomic E-state index is 7.01. The second kappa shape index (κ2) is 17.1. The molecule has 2 aliphatic rings. The summed E-state index contributed by atoms with van der Waals surface area (Å²) < 4.78 is 16.4. The molecule has 0 amide bonds. The van der Waals surface area contributed by atoms with E-state index in [2.05, 4.69) is 166 Å². The monoisotopic (exact) mass is 967 g/mol. The predicted octanol–water partition coefficient (Wildman–Crippen LogP) is 17.2. The molecular formula is C68H49N5O2. The Morgan fingerprint density at radius 2 is 0.773 bits per heavy atom. The van der Waals surface area contributed by atoms with Gasteiger partial charge >= 0.3 is 12.0 Å². The van der Waals surface area contributed by atoms with Gasteiger partial charge in [0.05, 0.1) is 39.5 Å². The molecule has 0 atom stereocenters. The Labute approximate surface area is 435 Å². The minimum atomic E-state index is -0.335. The molecular weight excluding hydrogens is 919 g/mol. The van der Waals surface area contributed by atoms with Crippen LogP contribution in [0.5, 0.6) is 23.5 Å². The average molecular weight is 968 g/mol. The number of benzene rings is 9. The van der Waals surface area contributed by atoms with Crippen LogP contribution in [0.15, 0.2) is 224 Å². The highest BCUT2D eigenvalue weighted by Crippen LogP contribution is 2.55. The molecule has 358 valence electrons. The normalized spacial score (nSPS) is 13.5. The number of rotatable bonds is 9. The zero-order chi connectivity index (χ0) is 50.4. The van der Waals surface area contributed by atoms with Crippen molar-refractivity contribution in [3.05, 3.63) is 247 Å². The first kappa shape index (κ1) is 44.3. The van der Waals surface area contributed by atoms with E-state index < -0.39 is 0 Å². The molecule has 0 spiro atoms. The topological polar surface area (TPSA) is 75.0 Å². The Balaban J connectivity index is 1.03. The van der Waals surface area contributed by atoms with Crippen LogP contribution < -0.4 is 9.47 Å². The van der Waals surface area contributed by atoms with Gasteiger partial charge < -0.3 is 14.0 Å². The summed E-state index contributed by atoms with van der Waals surface area (Å²) in [7, 11) is 0. The number of fused-ring (bicyclic) bond motifs is 10. The lowest BCUT2D eigenvalue weighted by molar-refractivity contribution is 0.423. The van der Waals surface area contributed by atoms with Crippen molar-refractivity contribution in [2.24, 2.45) is 0 Å². The summed E-state index contributed by atoms with van der Waals surface area (Å²) in [5.41, 5.74) is 19.4. The van der Waals surface area contributed by atoms with Gasteiger partial charge in [-0.3, -0.25) is 0 Å². The Hall–Kier alpha value is -9.46. The van der Waals surface area contributed by atoms with Crippen LogP contribution in [-0.2, 0) is 10.8 Å². The van der Waals surface area contributed by atoms with Crippen LogP contribution in [0.1, 0.15) is 49.9 Å². The van der Waals surface area contributed by atoms with Crippen LogP contribution in [0, 0.1) is 0 Å². The van der Waals surface area contributed by atoms with Crippen LogP contribution in [0.25, 0.3) is 94.8 Å². The highest BCUT2D eigenvalue weighted by Gasteiger charge is 2.40. The van der Waals surface area contributed by atoms with E-state index in [0.717, 1.165) is 67.1 Å². The van der Waals surface area contributed by atoms with Gasteiger partial charge in [0.1, 0.15) is 11.5 Å². The quantitative estimate of drug-likeness (QED) is 0.143. The zero-order valence-electron chi connectivity index (χ0n) is 41.9. The molecule has 3 heterocycles. The van der Waals surface area contributed by atoms with E-state index in [1.165, 1.54) is 49.9 Å². The van der Waals surface area contributed by atoms with Crippen LogP contribution in [-0.4, -0.2) is 24.5 Å². The molecule has 14 rings (SSSR count). The van der Waals surface area contributed by atoms with Crippen molar-refractivity contribution < 1.29 is 9.47 Å². The summed E-state index contributed by atoms with van der Waals surface area (Å²) in [5.74, 6) is 0.960. The van der Waals surface area contributed by atoms with Gasteiger partial charge in [0.2, 0.25) is 0 Å². The third kappa shape index (κ3) is 7.33. The maximum Gasteiger partial charge on any atom is 0.323 e. The summed E-state index contributed by atoms with van der Waals surface area (Å²) in [4.78, 5) is 20.3. The summed E-state index contributed by atoms with van der Waals surface area (Å²) in [6.45, 7) is 9.40. The smallest absolute Gasteiger partial charge is 0.323 e. The Morgan fingerprint density at radius 3 is 1.25 bits per heavy atom. The zero-order valence-corrected chi connectivity index (χ0v) is 41.9. The fraction of sp³-hybridized carbons (Fsp3) is 0.0882. The lowest BCUT2D eigenvalue weighted by atomic mass is 9.81. The largest absolute Gasteiger partial charge is 0.424 e. The van der Waals surface area contributed by atoms with E-state index in [0.29, 0.717) is 11.5 Å². The van der Waals surface area contributed by atoms with Crippen molar-refractivity contribution in [3.8, 4) is 96.5 Å². The molecule has 0 saturated carbocycles. The number of nitrogens with zero attached hydrogens (tertiary/aromatic N) is 5. The minimum Gasteiger partial charge on any atom is -0.424 e. The first-order valence-electron chi connectivity index (χ1n) is 25.5. The number of ether oxygens (including phenoxy) is 2. The summed E-state index contributed by atoms with van der Waals surface area (Å²) in [6.07, 6.45) is 0. The van der Waals surface area contributed by atoms with Crippen molar-refractivity contribution in [3.63, 3.8) is 0 Å². The second-order valence-corrected chi connectivity index (χ2v) is 20.6. The van der Waals surface area contributed by atoms with Gasteiger partial charge in [-0.15, -0.1) is 0 Å². The van der Waals surface area contributed by atoms with E-state index in [1.807, 2.05) is 91.0 Å². The van der Waals surface area contributed by atoms with Gasteiger partial charge in [-0.25, -0.2) is 0 Å². The van der Waals surface area contributed by atoms with E-state index in [4.69, 9.17) is 29.4 Å². The number of hydrogen-bond acceptors (Lipinski definition) is 6. The third-order valence-corrected chi connectivity index (χ3v) is 15.4. The minimum absolute atomic E-state index is 0.198. The average Bonchev–Trinajstić information content (AvgIpc) is 4.16. The molecule has 3 aromatic heterocycles. The SMILES string of the molecule is CC1(C)c2ccccc2-c2cc3c4ccc5c(c4n(-c4cc(Oc6nc(-c7ccccc7)cc(-c7ccccc7)n6)cc(Oc6nc(-c7ccccc7)cc(-c7ccccc7)n6)c4)c3cc21)C(C)(C)c1ccccc1-5. The van der Waals surface area contributed by atoms with Crippen LogP contribution in [0.2, 0.25) is 0 Å². The van der Waals surface area contributed by atoms with Gasteiger partial charge in [-0.05, 0) is 68.8 Å². The van der Waals surface area contributed by atoms with Crippen molar-refractivity contribution >= 4 is 21.8 Å². The van der Waals surface area contributed by atoms with E-state index in [9.17, 15) is 0 Å². The molecule has 2 aliphatic carbocycles. The fourth-order valence-corrected chi connectivity index (χ4v) is 11.8. The maximum absolute atomic E-state index is 7.01. The summed E-state index contributed by atoms with van der Waals surface area (Å²) >= 11 is 0. The van der Waals surface area contributed by atoms with Crippen molar-refractivity contribution in [1.29, 1.82) is 0 Å². The van der Waals surface area contributed by atoms with Gasteiger partial charge in [-0.1, -0.05) is 210 Å². The van der Waals surface area contributed by atoms with Crippen LogP contribution in [0.4, 0.5) is 0 Å². The Morgan fingerprint density at radius 1 is 0.347 bits per heavy atom. The molecule has 7 heteroatoms. The molecule has 0 saturated heterocycles. The van der Waals surface area contributed by atoms with Crippen molar-refractivity contribution in [2.45, 2.75) is 38.5 Å². The highest BCUT2D eigenvalue weighted by molar-refractivity contribution is 6.15. The van der Waals surface area contributed by atoms with Crippen molar-refractivity contribution in [2.75, 3.05) is 0 Å². The Kier molecular flexibility index (Phi) is 10.1. The lowest BCUT2D eigenvalue weighted by Crippen LogP contribution is -2.16. The molecule has 0 aliphatic heterocycles.